The number of sulfonamides is 1. The first-order chi connectivity index (χ1) is 9.99. The molecule has 0 saturated heterocycles. The van der Waals surface area contributed by atoms with Crippen molar-refractivity contribution in [2.75, 3.05) is 12.3 Å². The summed E-state index contributed by atoms with van der Waals surface area (Å²) in [6, 6.07) is 9.29. The Bertz CT molecular complexity index is 712. The molecular weight excluding hydrogens is 294 g/mol. The lowest BCUT2D eigenvalue weighted by atomic mass is 10.2. The van der Waals surface area contributed by atoms with Crippen LogP contribution in [-0.4, -0.2) is 31.1 Å². The van der Waals surface area contributed by atoms with E-state index in [9.17, 15) is 13.2 Å². The van der Waals surface area contributed by atoms with Crippen molar-refractivity contribution in [3.8, 4) is 0 Å². The van der Waals surface area contributed by atoms with Crippen LogP contribution in [0.1, 0.15) is 5.56 Å². The normalized spacial score (nSPS) is 11.2. The zero-order chi connectivity index (χ0) is 15.3. The zero-order valence-corrected chi connectivity index (χ0v) is 11.9. The molecule has 0 saturated carbocycles. The third kappa shape index (κ3) is 4.04. The van der Waals surface area contributed by atoms with Crippen LogP contribution in [0, 0.1) is 0 Å². The number of carbonyl (C=O) groups is 1. The van der Waals surface area contributed by atoms with E-state index in [0.717, 1.165) is 11.8 Å². The number of aromatic amines is 1. The molecule has 0 aliphatic carbocycles. The van der Waals surface area contributed by atoms with Crippen LogP contribution in [0.15, 0.2) is 41.4 Å². The minimum absolute atomic E-state index is 0.0767. The van der Waals surface area contributed by atoms with Crippen molar-refractivity contribution >= 4 is 21.7 Å². The fraction of sp³-hybridized carbons (Fsp3) is 0.167. The Morgan fingerprint density at radius 1 is 1.29 bits per heavy atom. The topological polar surface area (TPSA) is 130 Å². The Kier molecular flexibility index (Phi) is 4.55. The molecule has 0 radical (unpaired) electrons. The number of anilines is 1. The van der Waals surface area contributed by atoms with Gasteiger partial charge in [0.1, 0.15) is 10.7 Å². The fourth-order valence-corrected chi connectivity index (χ4v) is 2.60. The summed E-state index contributed by atoms with van der Waals surface area (Å²) >= 11 is 0. The van der Waals surface area contributed by atoms with Crippen LogP contribution in [-0.2, 0) is 21.4 Å². The van der Waals surface area contributed by atoms with Crippen molar-refractivity contribution in [1.82, 2.24) is 20.2 Å². The van der Waals surface area contributed by atoms with Crippen molar-refractivity contribution in [3.63, 3.8) is 0 Å². The number of nitrogen functional groups attached to an aromatic ring is 1. The number of hydrogen-bond acceptors (Lipinski definition) is 5. The van der Waals surface area contributed by atoms with Crippen LogP contribution in [0.25, 0.3) is 0 Å². The Morgan fingerprint density at radius 2 is 2.00 bits per heavy atom. The maximum Gasteiger partial charge on any atom is 0.246 e. The number of aromatic nitrogens is 2. The predicted octanol–water partition coefficient (Wildman–Crippen LogP) is -0.413. The summed E-state index contributed by atoms with van der Waals surface area (Å²) in [4.78, 5) is 11.4. The molecule has 112 valence electrons. The van der Waals surface area contributed by atoms with E-state index in [1.165, 1.54) is 0 Å². The molecule has 0 spiro atoms. The zero-order valence-electron chi connectivity index (χ0n) is 11.0. The van der Waals surface area contributed by atoms with Gasteiger partial charge in [-0.05, 0) is 5.56 Å². The van der Waals surface area contributed by atoms with E-state index in [4.69, 9.17) is 5.73 Å². The van der Waals surface area contributed by atoms with Crippen LogP contribution < -0.4 is 15.8 Å². The number of amides is 1. The quantitative estimate of drug-likeness (QED) is 0.576. The molecule has 0 aliphatic rings. The largest absolute Gasteiger partial charge is 0.383 e. The van der Waals surface area contributed by atoms with Gasteiger partial charge in [0.2, 0.25) is 15.9 Å². The summed E-state index contributed by atoms with van der Waals surface area (Å²) in [6.45, 7) is -0.0466. The Morgan fingerprint density at radius 3 is 2.62 bits per heavy atom. The number of rotatable bonds is 6. The molecular formula is C12H15N5O3S. The molecule has 2 rings (SSSR count). The summed E-state index contributed by atoms with van der Waals surface area (Å²) in [5.74, 6) is -0.517. The Labute approximate surface area is 121 Å². The second-order valence-corrected chi connectivity index (χ2v) is 5.97. The highest BCUT2D eigenvalue weighted by Gasteiger charge is 2.19. The van der Waals surface area contributed by atoms with Gasteiger partial charge in [0.05, 0.1) is 12.7 Å². The van der Waals surface area contributed by atoms with Crippen molar-refractivity contribution in [3.05, 3.63) is 42.1 Å². The van der Waals surface area contributed by atoms with Crippen molar-refractivity contribution in [2.45, 2.75) is 11.4 Å². The lowest BCUT2D eigenvalue weighted by molar-refractivity contribution is -0.120. The molecule has 8 nitrogen and oxygen atoms in total. The number of nitrogens with one attached hydrogen (secondary N) is 3. The lowest BCUT2D eigenvalue weighted by Gasteiger charge is -2.07. The van der Waals surface area contributed by atoms with Gasteiger partial charge in [-0.3, -0.25) is 9.89 Å². The highest BCUT2D eigenvalue weighted by molar-refractivity contribution is 7.89. The van der Waals surface area contributed by atoms with Gasteiger partial charge in [-0.25, -0.2) is 13.1 Å². The summed E-state index contributed by atoms with van der Waals surface area (Å²) < 4.78 is 25.9. The molecule has 0 aliphatic heterocycles. The third-order valence-electron chi connectivity index (χ3n) is 2.68. The monoisotopic (exact) mass is 309 g/mol. The average Bonchev–Trinajstić information content (AvgIpc) is 2.91. The third-order valence-corrected chi connectivity index (χ3v) is 4.11. The average molecular weight is 309 g/mol. The molecule has 0 unspecified atom stereocenters. The van der Waals surface area contributed by atoms with Gasteiger partial charge in [0, 0.05) is 6.54 Å². The van der Waals surface area contributed by atoms with Gasteiger partial charge in [-0.2, -0.15) is 5.10 Å². The second kappa shape index (κ2) is 6.37. The summed E-state index contributed by atoms with van der Waals surface area (Å²) in [7, 11) is -3.86. The molecule has 1 heterocycles. The molecule has 0 fully saturated rings. The number of hydrogen-bond donors (Lipinski definition) is 4. The first-order valence-electron chi connectivity index (χ1n) is 6.08. The fourth-order valence-electron chi connectivity index (χ4n) is 1.60. The van der Waals surface area contributed by atoms with Crippen molar-refractivity contribution < 1.29 is 13.2 Å². The molecule has 9 heteroatoms. The van der Waals surface area contributed by atoms with E-state index in [2.05, 4.69) is 20.2 Å². The summed E-state index contributed by atoms with van der Waals surface area (Å²) in [5.41, 5.74) is 6.35. The highest BCUT2D eigenvalue weighted by atomic mass is 32.2. The van der Waals surface area contributed by atoms with Gasteiger partial charge in [-0.15, -0.1) is 0 Å². The predicted molar refractivity (Wildman–Crippen MR) is 76.5 cm³/mol. The van der Waals surface area contributed by atoms with Crippen molar-refractivity contribution in [1.29, 1.82) is 0 Å². The van der Waals surface area contributed by atoms with Crippen LogP contribution in [0.2, 0.25) is 0 Å². The number of nitrogens with zero attached hydrogens (tertiary/aromatic N) is 1. The van der Waals surface area contributed by atoms with E-state index in [1.807, 2.05) is 30.3 Å². The van der Waals surface area contributed by atoms with Gasteiger partial charge in [0.25, 0.3) is 0 Å². The van der Waals surface area contributed by atoms with Crippen molar-refractivity contribution in [2.24, 2.45) is 0 Å². The number of H-pyrrole nitrogens is 1. The number of nitrogens with two attached hydrogens (primary N) is 1. The van der Waals surface area contributed by atoms with E-state index in [-0.39, 0.29) is 17.3 Å². The van der Waals surface area contributed by atoms with Crippen LogP contribution in [0.5, 0.6) is 0 Å². The van der Waals surface area contributed by atoms with Crippen LogP contribution >= 0.6 is 0 Å². The van der Waals surface area contributed by atoms with Crippen LogP contribution in [0.3, 0.4) is 0 Å². The van der Waals surface area contributed by atoms with Crippen LogP contribution in [0.4, 0.5) is 5.82 Å². The summed E-state index contributed by atoms with van der Waals surface area (Å²) in [5, 5.41) is 8.45. The molecule has 21 heavy (non-hydrogen) atoms. The van der Waals surface area contributed by atoms with Gasteiger partial charge in [-0.1, -0.05) is 30.3 Å². The van der Waals surface area contributed by atoms with Gasteiger partial charge in [0.15, 0.2) is 0 Å². The second-order valence-electron chi connectivity index (χ2n) is 4.23. The minimum Gasteiger partial charge on any atom is -0.383 e. The smallest absolute Gasteiger partial charge is 0.246 e. The summed E-state index contributed by atoms with van der Waals surface area (Å²) in [6.07, 6.45) is 1.08. The van der Waals surface area contributed by atoms with E-state index >= 15 is 0 Å². The molecule has 0 atom stereocenters. The molecule has 1 amide bonds. The first-order valence-corrected chi connectivity index (χ1v) is 7.56. The lowest BCUT2D eigenvalue weighted by Crippen LogP contribution is -2.36. The maximum absolute atomic E-state index is 11.9. The molecule has 5 N–H and O–H groups in total. The highest BCUT2D eigenvalue weighted by Crippen LogP contribution is 2.12. The van der Waals surface area contributed by atoms with E-state index in [0.29, 0.717) is 6.54 Å². The first kappa shape index (κ1) is 15.0. The molecule has 0 bridgehead atoms. The molecule has 1 aromatic carbocycles. The molecule has 2 aromatic rings. The molecule has 1 aromatic heterocycles. The van der Waals surface area contributed by atoms with E-state index < -0.39 is 15.9 Å². The van der Waals surface area contributed by atoms with E-state index in [1.54, 1.807) is 0 Å². The number of carbonyl (C=O) groups excluding carboxylic acids is 1. The number of benzene rings is 1. The SMILES string of the molecule is Nc1[nH]ncc1S(=O)(=O)NCC(=O)NCc1ccccc1. The van der Waals surface area contributed by atoms with Gasteiger partial charge < -0.3 is 11.1 Å². The Balaban J connectivity index is 1.85. The standard InChI is InChI=1S/C12H15N5O3S/c13-12-10(7-15-17-12)21(19,20)16-8-11(18)14-6-9-4-2-1-3-5-9/h1-5,7,16H,6,8H2,(H,14,18)(H3,13,15,17). The Hall–Kier alpha value is -2.39. The minimum atomic E-state index is -3.86. The van der Waals surface area contributed by atoms with Gasteiger partial charge >= 0.3 is 0 Å². The maximum atomic E-state index is 11.9.